The summed E-state index contributed by atoms with van der Waals surface area (Å²) >= 11 is 5.95. The number of hydrogen-bond acceptors (Lipinski definition) is 2. The van der Waals surface area contributed by atoms with Crippen molar-refractivity contribution in [3.05, 3.63) is 59.9 Å². The van der Waals surface area contributed by atoms with E-state index in [1.54, 1.807) is 12.1 Å². The molecule has 0 saturated heterocycles. The Kier molecular flexibility index (Phi) is 2.23. The highest BCUT2D eigenvalue weighted by molar-refractivity contribution is 6.28. The van der Waals surface area contributed by atoms with Crippen molar-refractivity contribution in [1.29, 1.82) is 0 Å². The lowest BCUT2D eigenvalue weighted by Crippen LogP contribution is -1.90. The number of halogens is 1. The van der Waals surface area contributed by atoms with Crippen LogP contribution in [0, 0.1) is 0 Å². The fourth-order valence-corrected chi connectivity index (χ4v) is 1.99. The first kappa shape index (κ1) is 9.14. The van der Waals surface area contributed by atoms with Gasteiger partial charge in [0.05, 0.1) is 12.6 Å². The molecule has 2 aromatic carbocycles. The Morgan fingerprint density at radius 1 is 0.941 bits per heavy atom. The Morgan fingerprint density at radius 2 is 1.71 bits per heavy atom. The molecule has 0 aliphatic rings. The molecule has 0 bridgehead atoms. The third-order valence-corrected chi connectivity index (χ3v) is 2.74. The lowest BCUT2D eigenvalue weighted by Gasteiger charge is -2.05. The number of fused-ring (bicyclic) bond motifs is 1. The van der Waals surface area contributed by atoms with Gasteiger partial charge < -0.3 is 0 Å². The smallest absolute Gasteiger partial charge is 0.218 e. The highest BCUT2D eigenvalue weighted by Gasteiger charge is 2.07. The van der Waals surface area contributed by atoms with Crippen molar-refractivity contribution >= 4 is 22.5 Å². The highest BCUT2D eigenvalue weighted by Crippen LogP contribution is 2.26. The summed E-state index contributed by atoms with van der Waals surface area (Å²) in [5, 5.41) is 1.19. The van der Waals surface area contributed by atoms with Crippen molar-refractivity contribution in [2.24, 2.45) is 0 Å². The number of nitrogens with zero attached hydrogens (tertiary/aromatic N) is 2. The third-order valence-electron chi connectivity index (χ3n) is 2.57. The Labute approximate surface area is 105 Å². The van der Waals surface area contributed by atoms with Crippen LogP contribution in [0.2, 0.25) is 5.28 Å². The van der Waals surface area contributed by atoms with E-state index in [4.69, 9.17) is 13.0 Å². The largest absolute Gasteiger partial charge is 0.223 e. The van der Waals surface area contributed by atoms with Crippen LogP contribution in [-0.4, -0.2) is 9.97 Å². The van der Waals surface area contributed by atoms with Gasteiger partial charge in [-0.3, -0.25) is 0 Å². The number of rotatable bonds is 1. The van der Waals surface area contributed by atoms with Crippen molar-refractivity contribution in [2.45, 2.75) is 0 Å². The molecule has 0 unspecified atom stereocenters. The molecular weight excluding hydrogens is 232 g/mol. The molecule has 0 atom stereocenters. The van der Waals surface area contributed by atoms with E-state index in [0.717, 1.165) is 22.2 Å². The summed E-state index contributed by atoms with van der Waals surface area (Å²) in [5.41, 5.74) is 2.56. The summed E-state index contributed by atoms with van der Waals surface area (Å²) in [7, 11) is 0. The average molecular weight is 242 g/mol. The van der Waals surface area contributed by atoms with E-state index in [-0.39, 0.29) is 5.28 Å². The van der Waals surface area contributed by atoms with E-state index in [9.17, 15) is 0 Å². The van der Waals surface area contributed by atoms with Crippen LogP contribution in [0.3, 0.4) is 0 Å². The molecule has 82 valence electrons. The monoisotopic (exact) mass is 241 g/mol. The normalized spacial score (nSPS) is 11.5. The first-order valence-corrected chi connectivity index (χ1v) is 5.61. The van der Waals surface area contributed by atoms with Crippen molar-refractivity contribution in [3.63, 3.8) is 0 Å². The third kappa shape index (κ3) is 1.87. The minimum atomic E-state index is 0.235. The number of hydrogen-bond donors (Lipinski definition) is 0. The maximum Gasteiger partial charge on any atom is 0.223 e. The summed E-state index contributed by atoms with van der Waals surface area (Å²) in [6.45, 7) is 0. The van der Waals surface area contributed by atoms with Gasteiger partial charge in [0.15, 0.2) is 0 Å². The van der Waals surface area contributed by atoms with Crippen LogP contribution in [0.5, 0.6) is 0 Å². The first-order chi connectivity index (χ1) is 8.74. The molecule has 3 aromatic rings. The predicted octanol–water partition coefficient (Wildman–Crippen LogP) is 3.95. The maximum atomic E-state index is 7.50. The van der Waals surface area contributed by atoms with Crippen molar-refractivity contribution < 1.29 is 1.37 Å². The summed E-state index contributed by atoms with van der Waals surface area (Å²) in [4.78, 5) is 8.49. The highest BCUT2D eigenvalue weighted by atomic mass is 35.5. The summed E-state index contributed by atoms with van der Waals surface area (Å²) in [5.74, 6) is 0. The van der Waals surface area contributed by atoms with Gasteiger partial charge in [-0.15, -0.1) is 0 Å². The van der Waals surface area contributed by atoms with E-state index in [1.807, 2.05) is 36.4 Å². The van der Waals surface area contributed by atoms with Crippen LogP contribution in [0.25, 0.3) is 22.2 Å². The van der Waals surface area contributed by atoms with E-state index in [0.29, 0.717) is 6.04 Å². The molecule has 0 aliphatic carbocycles. The van der Waals surface area contributed by atoms with Crippen LogP contribution in [-0.2, 0) is 0 Å². The zero-order chi connectivity index (χ0) is 12.5. The number of aromatic nitrogens is 2. The molecule has 0 fully saturated rings. The van der Waals surface area contributed by atoms with Crippen LogP contribution in [0.15, 0.2) is 54.6 Å². The van der Waals surface area contributed by atoms with E-state index in [1.165, 1.54) is 0 Å². The zero-order valence-electron chi connectivity index (χ0n) is 9.89. The van der Waals surface area contributed by atoms with Gasteiger partial charge in [-0.1, -0.05) is 48.5 Å². The molecule has 3 rings (SSSR count). The van der Waals surface area contributed by atoms with Gasteiger partial charge in [-0.05, 0) is 17.7 Å². The molecule has 0 saturated carbocycles. The van der Waals surface area contributed by atoms with Crippen LogP contribution >= 0.6 is 11.6 Å². The molecule has 3 heteroatoms. The number of para-hydroxylation sites is 1. The number of benzene rings is 2. The Balaban J connectivity index is 2.31. The fourth-order valence-electron chi connectivity index (χ4n) is 1.81. The summed E-state index contributed by atoms with van der Waals surface area (Å²) < 4.78 is 7.50. The van der Waals surface area contributed by atoms with Gasteiger partial charge in [-0.2, -0.15) is 0 Å². The second-order valence-electron chi connectivity index (χ2n) is 3.65. The quantitative estimate of drug-likeness (QED) is 0.603. The van der Waals surface area contributed by atoms with E-state index in [2.05, 4.69) is 9.97 Å². The second-order valence-corrected chi connectivity index (χ2v) is 3.99. The molecule has 1 heterocycles. The van der Waals surface area contributed by atoms with Gasteiger partial charge >= 0.3 is 0 Å². The zero-order valence-corrected chi connectivity index (χ0v) is 9.65. The van der Waals surface area contributed by atoms with E-state index < -0.39 is 0 Å². The Bertz CT molecular complexity index is 711. The van der Waals surface area contributed by atoms with Crippen molar-refractivity contribution in [2.75, 3.05) is 0 Å². The minimum Gasteiger partial charge on any atom is -0.218 e. The van der Waals surface area contributed by atoms with Crippen LogP contribution < -0.4 is 0 Å². The summed E-state index contributed by atoms with van der Waals surface area (Å²) in [6.07, 6.45) is 0. The molecule has 0 radical (unpaired) electrons. The van der Waals surface area contributed by atoms with E-state index >= 15 is 0 Å². The standard InChI is InChI=1S/C14H9ClN2/c15-14-16-12-9-5-4-8-11(12)13(17-14)10-6-2-1-3-7-10/h1-9H/i1D. The minimum absolute atomic E-state index is 0.235. The molecule has 2 nitrogen and oxygen atoms in total. The molecule has 17 heavy (non-hydrogen) atoms. The fraction of sp³-hybridized carbons (Fsp3) is 0. The molecular formula is C14H9ClN2. The van der Waals surface area contributed by atoms with Gasteiger partial charge in [-0.25, -0.2) is 9.97 Å². The average Bonchev–Trinajstić information content (AvgIpc) is 2.38. The van der Waals surface area contributed by atoms with Crippen molar-refractivity contribution in [3.8, 4) is 11.3 Å². The summed E-state index contributed by atoms with van der Waals surface area (Å²) in [6, 6.07) is 15.4. The maximum absolute atomic E-state index is 7.50. The molecule has 0 spiro atoms. The Hall–Kier alpha value is -1.93. The van der Waals surface area contributed by atoms with Crippen LogP contribution in [0.4, 0.5) is 0 Å². The first-order valence-electron chi connectivity index (χ1n) is 5.73. The molecule has 0 amide bonds. The van der Waals surface area contributed by atoms with Gasteiger partial charge in [0.2, 0.25) is 5.28 Å². The lowest BCUT2D eigenvalue weighted by atomic mass is 10.1. The van der Waals surface area contributed by atoms with Crippen LogP contribution in [0.1, 0.15) is 1.37 Å². The predicted molar refractivity (Wildman–Crippen MR) is 70.0 cm³/mol. The second kappa shape index (κ2) is 4.15. The van der Waals surface area contributed by atoms with Gasteiger partial charge in [0.25, 0.3) is 0 Å². The Morgan fingerprint density at radius 3 is 2.53 bits per heavy atom. The molecule has 0 aliphatic heterocycles. The lowest BCUT2D eigenvalue weighted by molar-refractivity contribution is 1.22. The SMILES string of the molecule is [2H]c1ccc(-c2nc(Cl)nc3ccccc23)cc1. The van der Waals surface area contributed by atoms with Crippen molar-refractivity contribution in [1.82, 2.24) is 9.97 Å². The van der Waals surface area contributed by atoms with Gasteiger partial charge in [0, 0.05) is 10.9 Å². The molecule has 0 N–H and O–H groups in total. The topological polar surface area (TPSA) is 25.8 Å². The van der Waals surface area contributed by atoms with Gasteiger partial charge in [0.1, 0.15) is 0 Å². The molecule has 1 aromatic heterocycles.